The summed E-state index contributed by atoms with van der Waals surface area (Å²) in [6.07, 6.45) is 0. The number of hydrogen-bond donors (Lipinski definition) is 1. The van der Waals surface area contributed by atoms with E-state index in [1.165, 1.54) is 0 Å². The molecule has 0 unspecified atom stereocenters. The fourth-order valence-electron chi connectivity index (χ4n) is 1.66. The Morgan fingerprint density at radius 3 is 2.17 bits per heavy atom. The van der Waals surface area contributed by atoms with Gasteiger partial charge in [-0.2, -0.15) is 0 Å². The van der Waals surface area contributed by atoms with Crippen molar-refractivity contribution in [3.8, 4) is 11.5 Å². The van der Waals surface area contributed by atoms with Crippen molar-refractivity contribution >= 4 is 5.91 Å². The molecule has 0 aliphatic heterocycles. The quantitative estimate of drug-likeness (QED) is 0.849. The molecule has 0 bridgehead atoms. The molecule has 0 radical (unpaired) electrons. The summed E-state index contributed by atoms with van der Waals surface area (Å²) < 4.78 is 10.4. The lowest BCUT2D eigenvalue weighted by molar-refractivity contribution is -0.131. The molecule has 0 heterocycles. The first-order chi connectivity index (χ1) is 8.47. The van der Waals surface area contributed by atoms with Crippen LogP contribution in [0.3, 0.4) is 0 Å². The molecular formula is C13H20N2O3. The van der Waals surface area contributed by atoms with E-state index in [2.05, 4.69) is 0 Å². The van der Waals surface area contributed by atoms with Crippen LogP contribution < -0.4 is 15.2 Å². The number of likely N-dealkylation sites (N-methyl/N-ethyl adjacent to an activating group) is 1. The number of benzene rings is 1. The van der Waals surface area contributed by atoms with Gasteiger partial charge in [0.05, 0.1) is 20.3 Å². The van der Waals surface area contributed by atoms with E-state index in [1.807, 2.05) is 12.1 Å². The maximum absolute atomic E-state index is 11.7. The molecule has 100 valence electrons. The number of carbonyl (C=O) groups is 1. The number of hydrogen-bond acceptors (Lipinski definition) is 4. The number of amides is 1. The van der Waals surface area contributed by atoms with Gasteiger partial charge in [0, 0.05) is 19.7 Å². The van der Waals surface area contributed by atoms with E-state index >= 15 is 0 Å². The van der Waals surface area contributed by atoms with Crippen LogP contribution in [0.15, 0.2) is 18.2 Å². The van der Waals surface area contributed by atoms with E-state index in [1.54, 1.807) is 39.2 Å². The minimum Gasteiger partial charge on any atom is -0.497 e. The van der Waals surface area contributed by atoms with Gasteiger partial charge in [-0.15, -0.1) is 0 Å². The van der Waals surface area contributed by atoms with Crippen molar-refractivity contribution in [2.24, 2.45) is 5.73 Å². The highest BCUT2D eigenvalue weighted by Crippen LogP contribution is 2.23. The van der Waals surface area contributed by atoms with Gasteiger partial charge in [-0.25, -0.2) is 0 Å². The first-order valence-corrected chi connectivity index (χ1v) is 5.70. The van der Waals surface area contributed by atoms with Crippen molar-refractivity contribution in [1.82, 2.24) is 4.90 Å². The van der Waals surface area contributed by atoms with Gasteiger partial charge in [0.25, 0.3) is 0 Å². The molecule has 1 atom stereocenters. The number of methoxy groups -OCH3 is 2. The van der Waals surface area contributed by atoms with Crippen molar-refractivity contribution in [1.29, 1.82) is 0 Å². The van der Waals surface area contributed by atoms with Crippen molar-refractivity contribution in [2.45, 2.75) is 19.5 Å². The third-order valence-corrected chi connectivity index (χ3v) is 2.60. The maximum atomic E-state index is 11.7. The van der Waals surface area contributed by atoms with Crippen molar-refractivity contribution in [2.75, 3.05) is 21.3 Å². The van der Waals surface area contributed by atoms with Crippen LogP contribution in [0, 0.1) is 0 Å². The molecule has 5 heteroatoms. The highest BCUT2D eigenvalue weighted by molar-refractivity contribution is 5.80. The van der Waals surface area contributed by atoms with Crippen LogP contribution in [0.25, 0.3) is 0 Å². The smallest absolute Gasteiger partial charge is 0.239 e. The Hall–Kier alpha value is -1.75. The molecule has 1 aromatic rings. The van der Waals surface area contributed by atoms with Crippen molar-refractivity contribution < 1.29 is 14.3 Å². The van der Waals surface area contributed by atoms with Gasteiger partial charge < -0.3 is 20.1 Å². The van der Waals surface area contributed by atoms with Crippen LogP contribution in [-0.2, 0) is 11.3 Å². The van der Waals surface area contributed by atoms with Crippen molar-refractivity contribution in [3.05, 3.63) is 23.8 Å². The minimum atomic E-state index is -0.498. The first-order valence-electron chi connectivity index (χ1n) is 5.70. The lowest BCUT2D eigenvalue weighted by Crippen LogP contribution is -2.39. The van der Waals surface area contributed by atoms with Gasteiger partial charge >= 0.3 is 0 Å². The Labute approximate surface area is 107 Å². The molecule has 0 aliphatic carbocycles. The van der Waals surface area contributed by atoms with Gasteiger partial charge in [-0.3, -0.25) is 4.79 Å². The van der Waals surface area contributed by atoms with Crippen LogP contribution >= 0.6 is 0 Å². The lowest BCUT2D eigenvalue weighted by atomic mass is 10.2. The van der Waals surface area contributed by atoms with Gasteiger partial charge in [0.15, 0.2) is 0 Å². The molecule has 18 heavy (non-hydrogen) atoms. The molecule has 0 spiro atoms. The third-order valence-electron chi connectivity index (χ3n) is 2.60. The largest absolute Gasteiger partial charge is 0.497 e. The summed E-state index contributed by atoms with van der Waals surface area (Å²) in [7, 11) is 4.91. The SMILES string of the molecule is COc1cc(CN(C)C(=O)[C@@H](C)N)cc(OC)c1. The average molecular weight is 252 g/mol. The van der Waals surface area contributed by atoms with Gasteiger partial charge in [0.2, 0.25) is 5.91 Å². The van der Waals surface area contributed by atoms with Gasteiger partial charge in [-0.05, 0) is 24.6 Å². The first kappa shape index (κ1) is 14.3. The van der Waals surface area contributed by atoms with Gasteiger partial charge in [0.1, 0.15) is 11.5 Å². The number of rotatable bonds is 5. The standard InChI is InChI=1S/C13H20N2O3/c1-9(14)13(16)15(2)8-10-5-11(17-3)7-12(6-10)18-4/h5-7,9H,8,14H2,1-4H3/t9-/m1/s1. The lowest BCUT2D eigenvalue weighted by Gasteiger charge is -2.20. The van der Waals surface area contributed by atoms with E-state index in [9.17, 15) is 4.79 Å². The minimum absolute atomic E-state index is 0.100. The van der Waals surface area contributed by atoms with Crippen LogP contribution in [-0.4, -0.2) is 38.1 Å². The maximum Gasteiger partial charge on any atom is 0.239 e. The number of nitrogens with two attached hydrogens (primary N) is 1. The Bertz CT molecular complexity index is 396. The van der Waals surface area contributed by atoms with Crippen LogP contribution in [0.4, 0.5) is 0 Å². The second-order valence-corrected chi connectivity index (χ2v) is 4.20. The second-order valence-electron chi connectivity index (χ2n) is 4.20. The summed E-state index contributed by atoms with van der Waals surface area (Å²) in [5.74, 6) is 1.30. The van der Waals surface area contributed by atoms with E-state index in [0.29, 0.717) is 18.0 Å². The molecule has 2 N–H and O–H groups in total. The topological polar surface area (TPSA) is 64.8 Å². The van der Waals surface area contributed by atoms with E-state index in [4.69, 9.17) is 15.2 Å². The van der Waals surface area contributed by atoms with Crippen LogP contribution in [0.1, 0.15) is 12.5 Å². The molecule has 0 saturated heterocycles. The van der Waals surface area contributed by atoms with Crippen molar-refractivity contribution in [3.63, 3.8) is 0 Å². The summed E-state index contributed by atoms with van der Waals surface area (Å²) in [6, 6.07) is 5.03. The highest BCUT2D eigenvalue weighted by atomic mass is 16.5. The normalized spacial score (nSPS) is 11.8. The summed E-state index contributed by atoms with van der Waals surface area (Å²) in [6.45, 7) is 2.14. The van der Waals surface area contributed by atoms with E-state index in [0.717, 1.165) is 5.56 Å². The summed E-state index contributed by atoms with van der Waals surface area (Å²) >= 11 is 0. The third kappa shape index (κ3) is 3.63. The zero-order chi connectivity index (χ0) is 13.7. The molecule has 0 aromatic heterocycles. The number of carbonyl (C=O) groups excluding carboxylic acids is 1. The molecule has 1 rings (SSSR count). The summed E-state index contributed by atoms with van der Waals surface area (Å²) in [5.41, 5.74) is 6.50. The molecule has 0 saturated carbocycles. The second kappa shape index (κ2) is 6.26. The number of nitrogens with zero attached hydrogens (tertiary/aromatic N) is 1. The zero-order valence-corrected chi connectivity index (χ0v) is 11.3. The Morgan fingerprint density at radius 2 is 1.78 bits per heavy atom. The van der Waals surface area contributed by atoms with Gasteiger partial charge in [-0.1, -0.05) is 0 Å². The molecule has 0 aliphatic rings. The molecule has 5 nitrogen and oxygen atoms in total. The predicted molar refractivity (Wildman–Crippen MR) is 69.7 cm³/mol. The highest BCUT2D eigenvalue weighted by Gasteiger charge is 2.14. The molecule has 0 fully saturated rings. The van der Waals surface area contributed by atoms with E-state index < -0.39 is 6.04 Å². The zero-order valence-electron chi connectivity index (χ0n) is 11.3. The number of ether oxygens (including phenoxy) is 2. The molecule has 1 aromatic carbocycles. The molecular weight excluding hydrogens is 232 g/mol. The summed E-state index contributed by atoms with van der Waals surface area (Å²) in [4.78, 5) is 13.3. The Morgan fingerprint density at radius 1 is 1.28 bits per heavy atom. The summed E-state index contributed by atoms with van der Waals surface area (Å²) in [5, 5.41) is 0. The predicted octanol–water partition coefficient (Wildman–Crippen LogP) is 1.01. The fraction of sp³-hybridized carbons (Fsp3) is 0.462. The monoisotopic (exact) mass is 252 g/mol. The van der Waals surface area contributed by atoms with Crippen LogP contribution in [0.5, 0.6) is 11.5 Å². The van der Waals surface area contributed by atoms with E-state index in [-0.39, 0.29) is 5.91 Å². The molecule has 1 amide bonds. The Kier molecular flexibility index (Phi) is 4.97. The van der Waals surface area contributed by atoms with Crippen LogP contribution in [0.2, 0.25) is 0 Å². The average Bonchev–Trinajstić information content (AvgIpc) is 2.36. The fourth-order valence-corrected chi connectivity index (χ4v) is 1.66. The Balaban J connectivity index is 2.86.